The molecular weight excluding hydrogens is 254 g/mol. The van der Waals surface area contributed by atoms with Crippen LogP contribution in [0.5, 0.6) is 0 Å². The summed E-state index contributed by atoms with van der Waals surface area (Å²) in [5.74, 6) is 0.433. The van der Waals surface area contributed by atoms with E-state index in [-0.39, 0.29) is 24.4 Å². The third-order valence-electron chi connectivity index (χ3n) is 3.59. The molecule has 1 fully saturated rings. The Kier molecular flexibility index (Phi) is 4.66. The largest absolute Gasteiger partial charge is 0.513 e. The predicted octanol–water partition coefficient (Wildman–Crippen LogP) is 3.35. The van der Waals surface area contributed by atoms with Gasteiger partial charge >= 0.3 is 6.09 Å². The Labute approximate surface area is 119 Å². The Morgan fingerprint density at radius 1 is 1.40 bits per heavy atom. The maximum absolute atomic E-state index is 12.1. The van der Waals surface area contributed by atoms with Crippen LogP contribution in [0.2, 0.25) is 0 Å². The van der Waals surface area contributed by atoms with Crippen LogP contribution in [0.1, 0.15) is 18.9 Å². The Hall–Kier alpha value is -1.97. The molecule has 1 aliphatic heterocycles. The van der Waals surface area contributed by atoms with Gasteiger partial charge in [-0.2, -0.15) is 0 Å². The number of ether oxygens (including phenoxy) is 1. The van der Waals surface area contributed by atoms with Gasteiger partial charge in [0, 0.05) is 19.0 Å². The van der Waals surface area contributed by atoms with Crippen molar-refractivity contribution in [1.29, 1.82) is 0 Å². The molecule has 0 aromatic heterocycles. The number of benzene rings is 1. The van der Waals surface area contributed by atoms with Crippen molar-refractivity contribution in [3.05, 3.63) is 48.2 Å². The monoisotopic (exact) mass is 275 g/mol. The number of hydrogen-bond acceptors (Lipinski definition) is 3. The summed E-state index contributed by atoms with van der Waals surface area (Å²) in [6, 6.07) is 9.60. The van der Waals surface area contributed by atoms with Crippen molar-refractivity contribution in [1.82, 2.24) is 4.90 Å². The molecular formula is C16H21NO3. The van der Waals surface area contributed by atoms with Gasteiger partial charge in [-0.3, -0.25) is 0 Å². The van der Waals surface area contributed by atoms with E-state index in [4.69, 9.17) is 4.74 Å². The van der Waals surface area contributed by atoms with E-state index in [1.165, 1.54) is 0 Å². The summed E-state index contributed by atoms with van der Waals surface area (Å²) in [5, 5.41) is 9.53. The number of nitrogens with zero attached hydrogens (tertiary/aromatic N) is 1. The summed E-state index contributed by atoms with van der Waals surface area (Å²) in [6.07, 6.45) is 0.532. The summed E-state index contributed by atoms with van der Waals surface area (Å²) in [4.78, 5) is 13.7. The maximum atomic E-state index is 12.1. The molecule has 0 saturated carbocycles. The standard InChI is InChI=1S/C16H21NO3/c1-12-8-15(13(2)18)10-17(9-12)16(19)20-11-14-6-4-3-5-7-14/h3-7,12,15,18H,2,8-11H2,1H3/t12-,15-/m0/s1. The van der Waals surface area contributed by atoms with Crippen LogP contribution in [0.3, 0.4) is 0 Å². The average Bonchev–Trinajstić information content (AvgIpc) is 2.45. The van der Waals surface area contributed by atoms with Gasteiger partial charge in [0.15, 0.2) is 0 Å². The van der Waals surface area contributed by atoms with Crippen molar-refractivity contribution < 1.29 is 14.6 Å². The Morgan fingerprint density at radius 2 is 2.10 bits per heavy atom. The lowest BCUT2D eigenvalue weighted by Crippen LogP contribution is -2.44. The summed E-state index contributed by atoms with van der Waals surface area (Å²) in [6.45, 7) is 7.06. The highest BCUT2D eigenvalue weighted by Gasteiger charge is 2.30. The van der Waals surface area contributed by atoms with Crippen molar-refractivity contribution in [3.63, 3.8) is 0 Å². The lowest BCUT2D eigenvalue weighted by molar-refractivity contribution is 0.0662. The van der Waals surface area contributed by atoms with Gasteiger partial charge in [0.25, 0.3) is 0 Å². The molecule has 20 heavy (non-hydrogen) atoms. The minimum atomic E-state index is -0.327. The zero-order valence-electron chi connectivity index (χ0n) is 11.8. The van der Waals surface area contributed by atoms with Crippen molar-refractivity contribution >= 4 is 6.09 Å². The van der Waals surface area contributed by atoms with Gasteiger partial charge in [-0.25, -0.2) is 4.79 Å². The number of piperidine rings is 1. The van der Waals surface area contributed by atoms with Crippen LogP contribution < -0.4 is 0 Å². The van der Waals surface area contributed by atoms with Crippen molar-refractivity contribution in [2.75, 3.05) is 13.1 Å². The smallest absolute Gasteiger partial charge is 0.410 e. The van der Waals surface area contributed by atoms with Crippen molar-refractivity contribution in [2.24, 2.45) is 11.8 Å². The van der Waals surface area contributed by atoms with Gasteiger partial charge in [0.1, 0.15) is 6.61 Å². The van der Waals surface area contributed by atoms with Crippen molar-refractivity contribution in [3.8, 4) is 0 Å². The van der Waals surface area contributed by atoms with Crippen molar-refractivity contribution in [2.45, 2.75) is 20.0 Å². The summed E-state index contributed by atoms with van der Waals surface area (Å²) >= 11 is 0. The minimum Gasteiger partial charge on any atom is -0.513 e. The van der Waals surface area contributed by atoms with Gasteiger partial charge in [-0.15, -0.1) is 0 Å². The number of aliphatic hydroxyl groups excluding tert-OH is 1. The average molecular weight is 275 g/mol. The molecule has 108 valence electrons. The van der Waals surface area contributed by atoms with Gasteiger partial charge in [0.2, 0.25) is 0 Å². The number of rotatable bonds is 3. The molecule has 1 N–H and O–H groups in total. The van der Waals surface area contributed by atoms with E-state index in [0.717, 1.165) is 12.0 Å². The Bertz CT molecular complexity index is 472. The number of carbonyl (C=O) groups excluding carboxylic acids is 1. The molecule has 4 nitrogen and oxygen atoms in total. The minimum absolute atomic E-state index is 0.0528. The Morgan fingerprint density at radius 3 is 2.75 bits per heavy atom. The lowest BCUT2D eigenvalue weighted by Gasteiger charge is -2.35. The first-order valence-electron chi connectivity index (χ1n) is 6.89. The van der Waals surface area contributed by atoms with Crippen LogP contribution >= 0.6 is 0 Å². The molecule has 0 radical (unpaired) electrons. The normalized spacial score (nSPS) is 22.4. The number of hydrogen-bond donors (Lipinski definition) is 1. The van der Waals surface area contributed by atoms with E-state index in [1.54, 1.807) is 4.90 Å². The first-order valence-corrected chi connectivity index (χ1v) is 6.89. The van der Waals surface area contributed by atoms with Crippen LogP contribution in [-0.4, -0.2) is 29.2 Å². The topological polar surface area (TPSA) is 49.8 Å². The molecule has 1 amide bonds. The molecule has 2 atom stereocenters. The van der Waals surface area contributed by atoms with Crippen LogP contribution in [0, 0.1) is 11.8 Å². The lowest BCUT2D eigenvalue weighted by atomic mass is 9.90. The second kappa shape index (κ2) is 6.46. The molecule has 1 saturated heterocycles. The number of aliphatic hydroxyl groups is 1. The molecule has 4 heteroatoms. The fourth-order valence-electron chi connectivity index (χ4n) is 2.55. The molecule has 1 heterocycles. The third kappa shape index (κ3) is 3.76. The fraction of sp³-hybridized carbons (Fsp3) is 0.438. The van der Waals surface area contributed by atoms with E-state index in [9.17, 15) is 9.90 Å². The van der Waals surface area contributed by atoms with E-state index in [2.05, 4.69) is 13.5 Å². The number of carbonyl (C=O) groups is 1. The first kappa shape index (κ1) is 14.4. The predicted molar refractivity (Wildman–Crippen MR) is 77.2 cm³/mol. The van der Waals surface area contributed by atoms with E-state index in [0.29, 0.717) is 19.0 Å². The Balaban J connectivity index is 1.90. The second-order valence-corrected chi connectivity index (χ2v) is 5.47. The summed E-state index contributed by atoms with van der Waals surface area (Å²) in [7, 11) is 0. The van der Waals surface area contributed by atoms with Crippen LogP contribution in [0.15, 0.2) is 42.7 Å². The molecule has 0 unspecified atom stereocenters. The molecule has 2 rings (SSSR count). The number of amides is 1. The van der Waals surface area contributed by atoms with Gasteiger partial charge in [-0.1, -0.05) is 43.8 Å². The van der Waals surface area contributed by atoms with E-state index in [1.807, 2.05) is 30.3 Å². The molecule has 0 spiro atoms. The van der Waals surface area contributed by atoms with Gasteiger partial charge < -0.3 is 14.7 Å². The SMILES string of the molecule is C=C(O)[C@H]1C[C@H](C)CN(C(=O)OCc2ccccc2)C1. The fourth-order valence-corrected chi connectivity index (χ4v) is 2.55. The highest BCUT2D eigenvalue weighted by atomic mass is 16.6. The zero-order valence-corrected chi connectivity index (χ0v) is 11.8. The zero-order chi connectivity index (χ0) is 14.5. The molecule has 1 aromatic rings. The van der Waals surface area contributed by atoms with Gasteiger partial charge in [0.05, 0.1) is 5.76 Å². The second-order valence-electron chi connectivity index (χ2n) is 5.47. The molecule has 0 aliphatic carbocycles. The highest BCUT2D eigenvalue weighted by molar-refractivity contribution is 5.67. The number of likely N-dealkylation sites (tertiary alicyclic amines) is 1. The summed E-state index contributed by atoms with van der Waals surface area (Å²) in [5.41, 5.74) is 0.967. The quantitative estimate of drug-likeness (QED) is 0.861. The molecule has 1 aliphatic rings. The van der Waals surface area contributed by atoms with E-state index < -0.39 is 0 Å². The maximum Gasteiger partial charge on any atom is 0.410 e. The molecule has 0 bridgehead atoms. The van der Waals surface area contributed by atoms with Crippen LogP contribution in [-0.2, 0) is 11.3 Å². The molecule has 1 aromatic carbocycles. The van der Waals surface area contributed by atoms with Crippen LogP contribution in [0.4, 0.5) is 4.79 Å². The van der Waals surface area contributed by atoms with Crippen LogP contribution in [0.25, 0.3) is 0 Å². The highest BCUT2D eigenvalue weighted by Crippen LogP contribution is 2.25. The first-order chi connectivity index (χ1) is 9.56. The van der Waals surface area contributed by atoms with Gasteiger partial charge in [-0.05, 0) is 17.9 Å². The van der Waals surface area contributed by atoms with E-state index >= 15 is 0 Å². The third-order valence-corrected chi connectivity index (χ3v) is 3.59. The summed E-state index contributed by atoms with van der Waals surface area (Å²) < 4.78 is 5.32.